The summed E-state index contributed by atoms with van der Waals surface area (Å²) in [6.07, 6.45) is 3.31. The number of rotatable bonds is 7. The van der Waals surface area contributed by atoms with Crippen LogP contribution in [0.4, 0.5) is 0 Å². The van der Waals surface area contributed by atoms with E-state index in [1.807, 2.05) is 0 Å². The van der Waals surface area contributed by atoms with Crippen molar-refractivity contribution in [2.75, 3.05) is 39.5 Å². The number of hydrogen-bond donors (Lipinski definition) is 3. The Hall–Kier alpha value is -1.16. The van der Waals surface area contributed by atoms with Gasteiger partial charge in [0.15, 0.2) is 5.96 Å². The molecular formula is C15H27N5O2S2. The van der Waals surface area contributed by atoms with Gasteiger partial charge in [-0.1, -0.05) is 0 Å². The standard InChI is InChI=1S/C15H27N5O2S2/c1-16-15(17-6-7-18-24(2,21)22)19-14-3-8-20(9-4-14)11-13-5-10-23-12-13/h5,10,12,14,18H,3-4,6-9,11H2,1-2H3,(H2,16,17,19). The molecule has 1 aromatic heterocycles. The summed E-state index contributed by atoms with van der Waals surface area (Å²) in [7, 11) is -1.41. The summed E-state index contributed by atoms with van der Waals surface area (Å²) in [5, 5.41) is 10.9. The molecule has 0 bridgehead atoms. The molecule has 0 spiro atoms. The third kappa shape index (κ3) is 7.16. The van der Waals surface area contributed by atoms with Crippen LogP contribution in [0.2, 0.25) is 0 Å². The molecule has 2 rings (SSSR count). The summed E-state index contributed by atoms with van der Waals surface area (Å²) in [5.74, 6) is 0.724. The predicted molar refractivity (Wildman–Crippen MR) is 100.0 cm³/mol. The number of aliphatic imine (C=N–C) groups is 1. The van der Waals surface area contributed by atoms with Crippen LogP contribution in [0.25, 0.3) is 0 Å². The summed E-state index contributed by atoms with van der Waals surface area (Å²) < 4.78 is 24.5. The van der Waals surface area contributed by atoms with Crippen LogP contribution in [0.3, 0.4) is 0 Å². The number of piperidine rings is 1. The number of guanidine groups is 1. The van der Waals surface area contributed by atoms with Crippen molar-refractivity contribution in [1.29, 1.82) is 0 Å². The first-order valence-electron chi connectivity index (χ1n) is 8.11. The minimum absolute atomic E-state index is 0.346. The summed E-state index contributed by atoms with van der Waals surface area (Å²) in [6, 6.07) is 2.59. The van der Waals surface area contributed by atoms with Crippen LogP contribution in [0.5, 0.6) is 0 Å². The zero-order valence-corrected chi connectivity index (χ0v) is 15.9. The monoisotopic (exact) mass is 373 g/mol. The predicted octanol–water partition coefficient (Wildman–Crippen LogP) is 0.427. The third-order valence-corrected chi connectivity index (χ3v) is 5.38. The number of nitrogens with zero attached hydrogens (tertiary/aromatic N) is 2. The van der Waals surface area contributed by atoms with E-state index in [1.54, 1.807) is 18.4 Å². The number of sulfonamides is 1. The van der Waals surface area contributed by atoms with Crippen molar-refractivity contribution in [3.8, 4) is 0 Å². The maximum absolute atomic E-state index is 11.0. The van der Waals surface area contributed by atoms with Crippen LogP contribution in [-0.2, 0) is 16.6 Å². The molecule has 0 aliphatic carbocycles. The molecular weight excluding hydrogens is 346 g/mol. The van der Waals surface area contributed by atoms with Gasteiger partial charge >= 0.3 is 0 Å². The first kappa shape index (κ1) is 19.2. The normalized spacial score (nSPS) is 17.8. The van der Waals surface area contributed by atoms with Crippen molar-refractivity contribution >= 4 is 27.3 Å². The Morgan fingerprint density at radius 3 is 2.71 bits per heavy atom. The summed E-state index contributed by atoms with van der Waals surface area (Å²) in [6.45, 7) is 4.02. The zero-order valence-electron chi connectivity index (χ0n) is 14.3. The molecule has 0 aromatic carbocycles. The van der Waals surface area contributed by atoms with Crippen molar-refractivity contribution in [1.82, 2.24) is 20.3 Å². The average Bonchev–Trinajstić information content (AvgIpc) is 3.04. The largest absolute Gasteiger partial charge is 0.355 e. The molecule has 1 saturated heterocycles. The first-order chi connectivity index (χ1) is 11.5. The van der Waals surface area contributed by atoms with E-state index in [4.69, 9.17) is 0 Å². The fraction of sp³-hybridized carbons (Fsp3) is 0.667. The van der Waals surface area contributed by atoms with Gasteiger partial charge in [0, 0.05) is 45.8 Å². The van der Waals surface area contributed by atoms with E-state index in [9.17, 15) is 8.42 Å². The second-order valence-electron chi connectivity index (χ2n) is 5.99. The zero-order chi connectivity index (χ0) is 17.4. The summed E-state index contributed by atoms with van der Waals surface area (Å²) in [5.41, 5.74) is 1.39. The summed E-state index contributed by atoms with van der Waals surface area (Å²) in [4.78, 5) is 6.68. The topological polar surface area (TPSA) is 85.8 Å². The van der Waals surface area contributed by atoms with Gasteiger partial charge in [0.2, 0.25) is 10.0 Å². The van der Waals surface area contributed by atoms with Crippen LogP contribution in [0.15, 0.2) is 21.8 Å². The maximum Gasteiger partial charge on any atom is 0.208 e. The van der Waals surface area contributed by atoms with Gasteiger partial charge in [-0.25, -0.2) is 13.1 Å². The smallest absolute Gasteiger partial charge is 0.208 e. The van der Waals surface area contributed by atoms with Crippen LogP contribution in [0.1, 0.15) is 18.4 Å². The molecule has 24 heavy (non-hydrogen) atoms. The fourth-order valence-electron chi connectivity index (χ4n) is 2.68. The molecule has 0 saturated carbocycles. The lowest BCUT2D eigenvalue weighted by atomic mass is 10.0. The van der Waals surface area contributed by atoms with E-state index in [1.165, 1.54) is 5.56 Å². The molecule has 0 atom stereocenters. The number of hydrogen-bond acceptors (Lipinski definition) is 5. The third-order valence-electron chi connectivity index (χ3n) is 3.92. The second-order valence-corrected chi connectivity index (χ2v) is 8.60. The highest BCUT2D eigenvalue weighted by Gasteiger charge is 2.20. The minimum atomic E-state index is -3.14. The molecule has 0 unspecified atom stereocenters. The molecule has 0 radical (unpaired) electrons. The maximum atomic E-state index is 11.0. The Bertz CT molecular complexity index is 608. The molecule has 7 nitrogen and oxygen atoms in total. The Balaban J connectivity index is 1.66. The fourth-order valence-corrected chi connectivity index (χ4v) is 3.81. The number of likely N-dealkylation sites (tertiary alicyclic amines) is 1. The van der Waals surface area contributed by atoms with Crippen molar-refractivity contribution in [2.45, 2.75) is 25.4 Å². The first-order valence-corrected chi connectivity index (χ1v) is 10.9. The lowest BCUT2D eigenvalue weighted by Crippen LogP contribution is -2.49. The van der Waals surface area contributed by atoms with Gasteiger partial charge in [-0.05, 0) is 35.2 Å². The van der Waals surface area contributed by atoms with E-state index < -0.39 is 10.0 Å². The van der Waals surface area contributed by atoms with Gasteiger partial charge in [-0.2, -0.15) is 11.3 Å². The minimum Gasteiger partial charge on any atom is -0.355 e. The SMILES string of the molecule is CN=C(NCCNS(C)(=O)=O)NC1CCN(Cc2ccsc2)CC1. The molecule has 0 amide bonds. The molecule has 136 valence electrons. The molecule has 3 N–H and O–H groups in total. The summed E-state index contributed by atoms with van der Waals surface area (Å²) >= 11 is 1.75. The quantitative estimate of drug-likeness (QED) is 0.367. The number of thiophene rings is 1. The van der Waals surface area contributed by atoms with Gasteiger partial charge in [-0.3, -0.25) is 9.89 Å². The van der Waals surface area contributed by atoms with Gasteiger partial charge in [0.1, 0.15) is 0 Å². The Morgan fingerprint density at radius 1 is 1.38 bits per heavy atom. The van der Waals surface area contributed by atoms with E-state index >= 15 is 0 Å². The van der Waals surface area contributed by atoms with Crippen molar-refractivity contribution in [2.24, 2.45) is 4.99 Å². The highest BCUT2D eigenvalue weighted by atomic mass is 32.2. The van der Waals surface area contributed by atoms with Crippen molar-refractivity contribution < 1.29 is 8.42 Å². The van der Waals surface area contributed by atoms with E-state index in [2.05, 4.69) is 42.1 Å². The van der Waals surface area contributed by atoms with E-state index in [0.29, 0.717) is 19.1 Å². The molecule has 1 aromatic rings. The van der Waals surface area contributed by atoms with Gasteiger partial charge in [0.25, 0.3) is 0 Å². The Kier molecular flexibility index (Phi) is 7.47. The van der Waals surface area contributed by atoms with Crippen LogP contribution < -0.4 is 15.4 Å². The van der Waals surface area contributed by atoms with Crippen LogP contribution in [0, 0.1) is 0 Å². The van der Waals surface area contributed by atoms with E-state index in [-0.39, 0.29) is 0 Å². The second kappa shape index (κ2) is 9.36. The van der Waals surface area contributed by atoms with Crippen molar-refractivity contribution in [3.63, 3.8) is 0 Å². The molecule has 1 aliphatic rings. The van der Waals surface area contributed by atoms with Crippen molar-refractivity contribution in [3.05, 3.63) is 22.4 Å². The number of nitrogens with one attached hydrogen (secondary N) is 3. The van der Waals surface area contributed by atoms with Gasteiger partial charge in [-0.15, -0.1) is 0 Å². The van der Waals surface area contributed by atoms with E-state index in [0.717, 1.165) is 44.7 Å². The molecule has 1 fully saturated rings. The molecule has 1 aliphatic heterocycles. The lowest BCUT2D eigenvalue weighted by molar-refractivity contribution is 0.198. The van der Waals surface area contributed by atoms with Crippen LogP contribution >= 0.6 is 11.3 Å². The van der Waals surface area contributed by atoms with Gasteiger partial charge < -0.3 is 10.6 Å². The molecule has 2 heterocycles. The van der Waals surface area contributed by atoms with Gasteiger partial charge in [0.05, 0.1) is 6.26 Å². The Labute approximate surface area is 148 Å². The highest BCUT2D eigenvalue weighted by molar-refractivity contribution is 7.88. The molecule has 9 heteroatoms. The average molecular weight is 374 g/mol. The lowest BCUT2D eigenvalue weighted by Gasteiger charge is -2.32. The van der Waals surface area contributed by atoms with Crippen LogP contribution in [-0.4, -0.2) is 64.8 Å². The highest BCUT2D eigenvalue weighted by Crippen LogP contribution is 2.15. The Morgan fingerprint density at radius 2 is 2.12 bits per heavy atom.